The minimum Gasteiger partial charge on any atom is -0.475 e. The molecule has 0 spiro atoms. The molecule has 1 saturated heterocycles. The number of ketones is 1. The van der Waals surface area contributed by atoms with Crippen LogP contribution in [-0.4, -0.2) is 54.1 Å². The summed E-state index contributed by atoms with van der Waals surface area (Å²) in [7, 11) is 1.21. The van der Waals surface area contributed by atoms with Gasteiger partial charge in [0.05, 0.1) is 18.9 Å². The first-order valence-corrected chi connectivity index (χ1v) is 7.09. The summed E-state index contributed by atoms with van der Waals surface area (Å²) in [6.45, 7) is 0. The maximum absolute atomic E-state index is 11.9. The van der Waals surface area contributed by atoms with Crippen molar-refractivity contribution in [1.82, 2.24) is 0 Å². The van der Waals surface area contributed by atoms with Gasteiger partial charge in [-0.05, 0) is 6.42 Å². The molecule has 124 valence electrons. The molecule has 2 saturated carbocycles. The number of aliphatic carboxylic acids is 1. The number of esters is 3. The smallest absolute Gasteiger partial charge is 0.372 e. The average Bonchev–Trinajstić information content (AvgIpc) is 3.09. The highest BCUT2D eigenvalue weighted by Crippen LogP contribution is 2.58. The lowest BCUT2D eigenvalue weighted by molar-refractivity contribution is -0.167. The fourth-order valence-electron chi connectivity index (χ4n) is 4.00. The van der Waals surface area contributed by atoms with E-state index in [9.17, 15) is 24.0 Å². The molecular formula is C14H14O9. The van der Waals surface area contributed by atoms with Crippen LogP contribution in [0.1, 0.15) is 12.8 Å². The van der Waals surface area contributed by atoms with Crippen molar-refractivity contribution in [3.8, 4) is 0 Å². The molecule has 0 aromatic heterocycles. The van der Waals surface area contributed by atoms with Crippen LogP contribution in [0.4, 0.5) is 0 Å². The van der Waals surface area contributed by atoms with Gasteiger partial charge in [-0.15, -0.1) is 0 Å². The molecule has 2 aliphatic carbocycles. The summed E-state index contributed by atoms with van der Waals surface area (Å²) in [6, 6.07) is 0. The molecule has 9 heteroatoms. The van der Waals surface area contributed by atoms with Gasteiger partial charge in [-0.1, -0.05) is 0 Å². The first kappa shape index (κ1) is 15.4. The predicted octanol–water partition coefficient (Wildman–Crippen LogP) is -1.08. The van der Waals surface area contributed by atoms with Gasteiger partial charge in [0, 0.05) is 11.8 Å². The van der Waals surface area contributed by atoms with Gasteiger partial charge in [-0.25, -0.2) is 4.79 Å². The predicted molar refractivity (Wildman–Crippen MR) is 67.6 cm³/mol. The molecule has 6 atom stereocenters. The van der Waals surface area contributed by atoms with Gasteiger partial charge >= 0.3 is 23.9 Å². The van der Waals surface area contributed by atoms with Gasteiger partial charge in [0.1, 0.15) is 18.6 Å². The van der Waals surface area contributed by atoms with Crippen LogP contribution in [0.5, 0.6) is 0 Å². The topological polar surface area (TPSA) is 133 Å². The molecule has 2 bridgehead atoms. The zero-order valence-electron chi connectivity index (χ0n) is 12.1. The van der Waals surface area contributed by atoms with Gasteiger partial charge in [-0.3, -0.25) is 19.2 Å². The Hall–Kier alpha value is -2.45. The molecule has 6 unspecified atom stereocenters. The van der Waals surface area contributed by atoms with E-state index in [4.69, 9.17) is 19.3 Å². The number of carboxylic acid groups (broad SMARTS) is 1. The number of carbonyl (C=O) groups excluding carboxylic acids is 4. The van der Waals surface area contributed by atoms with Crippen molar-refractivity contribution in [1.29, 1.82) is 0 Å². The van der Waals surface area contributed by atoms with Crippen LogP contribution in [-0.2, 0) is 38.2 Å². The van der Waals surface area contributed by atoms with Crippen molar-refractivity contribution in [2.75, 3.05) is 7.11 Å². The largest absolute Gasteiger partial charge is 0.475 e. The summed E-state index contributed by atoms with van der Waals surface area (Å²) in [4.78, 5) is 57.1. The van der Waals surface area contributed by atoms with Crippen molar-refractivity contribution in [3.05, 3.63) is 0 Å². The van der Waals surface area contributed by atoms with Crippen LogP contribution in [0.2, 0.25) is 0 Å². The molecule has 3 aliphatic rings. The Morgan fingerprint density at radius 2 is 1.96 bits per heavy atom. The monoisotopic (exact) mass is 326 g/mol. The van der Waals surface area contributed by atoms with Crippen LogP contribution >= 0.6 is 0 Å². The fraction of sp³-hybridized carbons (Fsp3) is 0.643. The number of Topliss-reactive ketones (excluding diaryl/α,β-unsaturated/α-hetero) is 1. The normalized spacial score (nSPS) is 36.5. The SMILES string of the molecule is COC(=O)C1C2CC3C(OC(=O)C31)C2OC(=O)CC(=O)C(=O)O. The van der Waals surface area contributed by atoms with Crippen LogP contribution < -0.4 is 0 Å². The minimum absolute atomic E-state index is 0.232. The number of hydrogen-bond acceptors (Lipinski definition) is 8. The standard InChI is InChI=1S/C14H14O9/c1-21-13(19)8-4-2-5-9(8)14(20)23-11(5)10(4)22-7(16)3-6(15)12(17)18/h4-5,8-11H,2-3H2,1H3,(H,17,18). The van der Waals surface area contributed by atoms with Gasteiger partial charge in [-0.2, -0.15) is 0 Å². The van der Waals surface area contributed by atoms with E-state index in [2.05, 4.69) is 0 Å². The van der Waals surface area contributed by atoms with E-state index in [0.29, 0.717) is 6.42 Å². The van der Waals surface area contributed by atoms with E-state index in [1.165, 1.54) is 7.11 Å². The second-order valence-corrected chi connectivity index (χ2v) is 5.90. The molecule has 0 aromatic carbocycles. The van der Waals surface area contributed by atoms with Crippen molar-refractivity contribution >= 4 is 29.7 Å². The molecule has 1 aliphatic heterocycles. The van der Waals surface area contributed by atoms with Gasteiger partial charge in [0.25, 0.3) is 5.78 Å². The summed E-state index contributed by atoms with van der Waals surface area (Å²) in [5, 5.41) is 8.50. The quantitative estimate of drug-likeness (QED) is 0.290. The van der Waals surface area contributed by atoms with E-state index in [-0.39, 0.29) is 5.92 Å². The number of fused-ring (bicyclic) bond motifs is 1. The number of carboxylic acids is 1. The highest BCUT2D eigenvalue weighted by atomic mass is 16.6. The minimum atomic E-state index is -1.73. The summed E-state index contributed by atoms with van der Waals surface area (Å²) >= 11 is 0. The maximum Gasteiger partial charge on any atom is 0.372 e. The summed E-state index contributed by atoms with van der Waals surface area (Å²) in [5.41, 5.74) is 0. The summed E-state index contributed by atoms with van der Waals surface area (Å²) < 4.78 is 15.1. The molecule has 0 radical (unpaired) electrons. The zero-order valence-corrected chi connectivity index (χ0v) is 12.1. The second-order valence-electron chi connectivity index (χ2n) is 5.90. The number of carbonyl (C=O) groups is 5. The number of rotatable bonds is 5. The molecule has 3 rings (SSSR count). The van der Waals surface area contributed by atoms with Crippen molar-refractivity contribution in [2.24, 2.45) is 23.7 Å². The molecule has 0 amide bonds. The van der Waals surface area contributed by atoms with Gasteiger partial charge < -0.3 is 19.3 Å². The van der Waals surface area contributed by atoms with E-state index >= 15 is 0 Å². The molecular weight excluding hydrogens is 312 g/mol. The number of hydrogen-bond donors (Lipinski definition) is 1. The van der Waals surface area contributed by atoms with E-state index in [1.54, 1.807) is 0 Å². The highest BCUT2D eigenvalue weighted by Gasteiger charge is 2.70. The van der Waals surface area contributed by atoms with Crippen molar-refractivity contribution in [3.63, 3.8) is 0 Å². The number of ether oxygens (including phenoxy) is 3. The Morgan fingerprint density at radius 3 is 2.57 bits per heavy atom. The average molecular weight is 326 g/mol. The van der Waals surface area contributed by atoms with Crippen molar-refractivity contribution in [2.45, 2.75) is 25.0 Å². The summed E-state index contributed by atoms with van der Waals surface area (Å²) in [5.74, 6) is -7.11. The lowest BCUT2D eigenvalue weighted by Gasteiger charge is -2.29. The number of methoxy groups -OCH3 is 1. The van der Waals surface area contributed by atoms with E-state index in [1.807, 2.05) is 0 Å². The maximum atomic E-state index is 11.9. The zero-order chi connectivity index (χ0) is 16.9. The Labute approximate surface area is 129 Å². The first-order valence-electron chi connectivity index (χ1n) is 7.09. The molecule has 1 heterocycles. The third kappa shape index (κ3) is 2.27. The molecule has 9 nitrogen and oxygen atoms in total. The Morgan fingerprint density at radius 1 is 1.26 bits per heavy atom. The van der Waals surface area contributed by atoms with Crippen LogP contribution in [0.25, 0.3) is 0 Å². The van der Waals surface area contributed by atoms with Crippen LogP contribution in [0, 0.1) is 23.7 Å². The van der Waals surface area contributed by atoms with E-state index in [0.717, 1.165) is 0 Å². The Bertz CT molecular complexity index is 609. The highest BCUT2D eigenvalue weighted by molar-refractivity contribution is 6.35. The summed E-state index contributed by atoms with van der Waals surface area (Å²) in [6.07, 6.45) is -1.94. The Kier molecular flexibility index (Phi) is 3.57. The third-order valence-electron chi connectivity index (χ3n) is 4.83. The first-order chi connectivity index (χ1) is 10.8. The molecule has 3 fully saturated rings. The van der Waals surface area contributed by atoms with E-state index < -0.39 is 66.0 Å². The lowest BCUT2D eigenvalue weighted by atomic mass is 9.78. The van der Waals surface area contributed by atoms with Gasteiger partial charge in [0.15, 0.2) is 0 Å². The van der Waals surface area contributed by atoms with Crippen molar-refractivity contribution < 1.29 is 43.3 Å². The second kappa shape index (κ2) is 5.32. The lowest BCUT2D eigenvalue weighted by Crippen LogP contribution is -2.43. The Balaban J connectivity index is 1.75. The van der Waals surface area contributed by atoms with Gasteiger partial charge in [0.2, 0.25) is 0 Å². The molecule has 0 aromatic rings. The third-order valence-corrected chi connectivity index (χ3v) is 4.83. The fourth-order valence-corrected chi connectivity index (χ4v) is 4.00. The molecule has 23 heavy (non-hydrogen) atoms. The van der Waals surface area contributed by atoms with Crippen LogP contribution in [0.15, 0.2) is 0 Å². The van der Waals surface area contributed by atoms with Crippen LogP contribution in [0.3, 0.4) is 0 Å². The molecule has 1 N–H and O–H groups in total.